The van der Waals surface area contributed by atoms with Gasteiger partial charge in [0.15, 0.2) is 0 Å². The molecule has 1 fully saturated rings. The van der Waals surface area contributed by atoms with Gasteiger partial charge in [0.25, 0.3) is 5.91 Å². The number of rotatable bonds is 7. The fourth-order valence-corrected chi connectivity index (χ4v) is 2.58. The Balaban J connectivity index is 1.46. The lowest BCUT2D eigenvalue weighted by atomic mass is 10.1. The predicted octanol–water partition coefficient (Wildman–Crippen LogP) is 0.844. The van der Waals surface area contributed by atoms with Crippen molar-refractivity contribution in [2.45, 2.75) is 25.4 Å². The maximum atomic E-state index is 12.3. The van der Waals surface area contributed by atoms with Gasteiger partial charge in [-0.2, -0.15) is 0 Å². The molecule has 3 heterocycles. The van der Waals surface area contributed by atoms with Crippen LogP contribution in [0, 0.1) is 0 Å². The Labute approximate surface area is 144 Å². The SMILES string of the molecule is O=C(C[C@@H]1NC(=O)N(Cc2ccco2)C1=O)NCCc1ccncc1. The monoisotopic (exact) mass is 342 g/mol. The first-order chi connectivity index (χ1) is 12.1. The van der Waals surface area contributed by atoms with Gasteiger partial charge in [0.1, 0.15) is 11.8 Å². The molecule has 1 aliphatic rings. The third kappa shape index (κ3) is 4.23. The van der Waals surface area contributed by atoms with Crippen LogP contribution >= 0.6 is 0 Å². The second kappa shape index (κ2) is 7.61. The van der Waals surface area contributed by atoms with Gasteiger partial charge in [-0.25, -0.2) is 4.79 Å². The number of nitrogens with zero attached hydrogens (tertiary/aromatic N) is 2. The van der Waals surface area contributed by atoms with E-state index in [1.165, 1.54) is 6.26 Å². The van der Waals surface area contributed by atoms with Gasteiger partial charge < -0.3 is 15.1 Å². The zero-order valence-corrected chi connectivity index (χ0v) is 13.5. The van der Waals surface area contributed by atoms with Crippen molar-refractivity contribution in [1.82, 2.24) is 20.5 Å². The molecule has 2 aromatic heterocycles. The first-order valence-corrected chi connectivity index (χ1v) is 7.93. The van der Waals surface area contributed by atoms with Crippen molar-refractivity contribution in [3.63, 3.8) is 0 Å². The summed E-state index contributed by atoms with van der Waals surface area (Å²) in [5, 5.41) is 5.29. The number of aromatic nitrogens is 1. The average Bonchev–Trinajstić information content (AvgIpc) is 3.20. The molecule has 2 aromatic rings. The maximum Gasteiger partial charge on any atom is 0.325 e. The van der Waals surface area contributed by atoms with E-state index >= 15 is 0 Å². The van der Waals surface area contributed by atoms with Crippen molar-refractivity contribution in [3.8, 4) is 0 Å². The quantitative estimate of drug-likeness (QED) is 0.726. The first kappa shape index (κ1) is 16.7. The summed E-state index contributed by atoms with van der Waals surface area (Å²) in [4.78, 5) is 41.2. The van der Waals surface area contributed by atoms with Crippen LogP contribution in [0.25, 0.3) is 0 Å². The molecule has 0 aromatic carbocycles. The molecule has 1 saturated heterocycles. The van der Waals surface area contributed by atoms with E-state index in [-0.39, 0.29) is 18.9 Å². The van der Waals surface area contributed by atoms with Gasteiger partial charge in [-0.3, -0.25) is 19.5 Å². The van der Waals surface area contributed by atoms with E-state index in [9.17, 15) is 14.4 Å². The van der Waals surface area contributed by atoms with E-state index in [0.29, 0.717) is 18.7 Å². The minimum Gasteiger partial charge on any atom is -0.467 e. The van der Waals surface area contributed by atoms with Crippen molar-refractivity contribution >= 4 is 17.8 Å². The van der Waals surface area contributed by atoms with E-state index in [1.807, 2.05) is 12.1 Å². The standard InChI is InChI=1S/C17H18N4O4/c22-15(19-8-5-12-3-6-18-7-4-12)10-14-16(23)21(17(24)20-14)11-13-2-1-9-25-13/h1-4,6-7,9,14H,5,8,10-11H2,(H,19,22)(H,20,24)/t14-/m0/s1. The summed E-state index contributed by atoms with van der Waals surface area (Å²) in [7, 11) is 0. The van der Waals surface area contributed by atoms with E-state index in [2.05, 4.69) is 15.6 Å². The molecule has 2 N–H and O–H groups in total. The molecular weight excluding hydrogens is 324 g/mol. The largest absolute Gasteiger partial charge is 0.467 e. The second-order valence-electron chi connectivity index (χ2n) is 5.67. The summed E-state index contributed by atoms with van der Waals surface area (Å²) < 4.78 is 5.15. The van der Waals surface area contributed by atoms with Gasteiger partial charge in [0.05, 0.1) is 19.2 Å². The van der Waals surface area contributed by atoms with E-state index in [1.54, 1.807) is 24.5 Å². The Morgan fingerprint density at radius 1 is 1.28 bits per heavy atom. The number of amides is 4. The molecule has 0 aliphatic carbocycles. The highest BCUT2D eigenvalue weighted by atomic mass is 16.3. The summed E-state index contributed by atoms with van der Waals surface area (Å²) >= 11 is 0. The third-order valence-electron chi connectivity index (χ3n) is 3.88. The number of carbonyl (C=O) groups excluding carboxylic acids is 3. The Morgan fingerprint density at radius 2 is 2.08 bits per heavy atom. The smallest absolute Gasteiger partial charge is 0.325 e. The molecule has 1 aliphatic heterocycles. The highest BCUT2D eigenvalue weighted by molar-refractivity contribution is 6.05. The number of hydrogen-bond donors (Lipinski definition) is 2. The molecule has 0 bridgehead atoms. The van der Waals surface area contributed by atoms with Crippen LogP contribution in [-0.4, -0.2) is 40.3 Å². The predicted molar refractivity (Wildman–Crippen MR) is 87.1 cm³/mol. The van der Waals surface area contributed by atoms with Crippen LogP contribution in [0.1, 0.15) is 17.7 Å². The van der Waals surface area contributed by atoms with Gasteiger partial charge in [-0.1, -0.05) is 0 Å². The Bertz CT molecular complexity index is 745. The molecule has 4 amide bonds. The van der Waals surface area contributed by atoms with Crippen molar-refractivity contribution in [3.05, 3.63) is 54.2 Å². The minimum atomic E-state index is -0.844. The normalized spacial score (nSPS) is 16.8. The summed E-state index contributed by atoms with van der Waals surface area (Å²) in [6, 6.07) is 5.75. The van der Waals surface area contributed by atoms with Crippen molar-refractivity contribution in [2.75, 3.05) is 6.54 Å². The number of hydrogen-bond acceptors (Lipinski definition) is 5. The molecule has 0 unspecified atom stereocenters. The Morgan fingerprint density at radius 3 is 2.80 bits per heavy atom. The molecule has 8 nitrogen and oxygen atoms in total. The lowest BCUT2D eigenvalue weighted by Crippen LogP contribution is -2.37. The summed E-state index contributed by atoms with van der Waals surface area (Å²) in [6.07, 6.45) is 5.44. The van der Waals surface area contributed by atoms with Gasteiger partial charge in [-0.05, 0) is 36.2 Å². The van der Waals surface area contributed by atoms with Crippen molar-refractivity contribution in [2.24, 2.45) is 0 Å². The zero-order chi connectivity index (χ0) is 17.6. The fourth-order valence-electron chi connectivity index (χ4n) is 2.58. The summed E-state index contributed by atoms with van der Waals surface area (Å²) in [5.41, 5.74) is 1.06. The number of furan rings is 1. The molecule has 8 heteroatoms. The van der Waals surface area contributed by atoms with Crippen LogP contribution in [0.2, 0.25) is 0 Å². The van der Waals surface area contributed by atoms with Gasteiger partial charge in [-0.15, -0.1) is 0 Å². The number of nitrogens with one attached hydrogen (secondary N) is 2. The fraction of sp³-hybridized carbons (Fsp3) is 0.294. The van der Waals surface area contributed by atoms with Crippen LogP contribution in [0.4, 0.5) is 4.79 Å². The number of carbonyl (C=O) groups is 3. The minimum absolute atomic E-state index is 0.0534. The van der Waals surface area contributed by atoms with Crippen LogP contribution in [-0.2, 0) is 22.6 Å². The Hall–Kier alpha value is -3.16. The molecule has 1 atom stereocenters. The number of pyridine rings is 1. The molecule has 0 radical (unpaired) electrons. The molecule has 25 heavy (non-hydrogen) atoms. The average molecular weight is 342 g/mol. The van der Waals surface area contributed by atoms with Gasteiger partial charge in [0.2, 0.25) is 5.91 Å². The molecule has 0 saturated carbocycles. The third-order valence-corrected chi connectivity index (χ3v) is 3.88. The van der Waals surface area contributed by atoms with Crippen LogP contribution < -0.4 is 10.6 Å². The highest BCUT2D eigenvalue weighted by Gasteiger charge is 2.39. The van der Waals surface area contributed by atoms with Crippen LogP contribution in [0.15, 0.2) is 47.3 Å². The van der Waals surface area contributed by atoms with Crippen molar-refractivity contribution < 1.29 is 18.8 Å². The highest BCUT2D eigenvalue weighted by Crippen LogP contribution is 2.14. The number of imide groups is 1. The van der Waals surface area contributed by atoms with Crippen molar-refractivity contribution in [1.29, 1.82) is 0 Å². The van der Waals surface area contributed by atoms with Gasteiger partial charge in [0, 0.05) is 18.9 Å². The zero-order valence-electron chi connectivity index (χ0n) is 13.5. The molecule has 3 rings (SSSR count). The lowest BCUT2D eigenvalue weighted by Gasteiger charge is -2.11. The number of urea groups is 1. The van der Waals surface area contributed by atoms with Gasteiger partial charge >= 0.3 is 6.03 Å². The topological polar surface area (TPSA) is 105 Å². The summed E-state index contributed by atoms with van der Waals surface area (Å²) in [5.74, 6) is -0.204. The maximum absolute atomic E-state index is 12.3. The van der Waals surface area contributed by atoms with Crippen LogP contribution in [0.5, 0.6) is 0 Å². The summed E-state index contributed by atoms with van der Waals surface area (Å²) in [6.45, 7) is 0.506. The molecule has 130 valence electrons. The second-order valence-corrected chi connectivity index (χ2v) is 5.67. The molecule has 0 spiro atoms. The molecular formula is C17H18N4O4. The van der Waals surface area contributed by atoms with E-state index in [4.69, 9.17) is 4.42 Å². The first-order valence-electron chi connectivity index (χ1n) is 7.93. The van der Waals surface area contributed by atoms with Crippen LogP contribution in [0.3, 0.4) is 0 Å². The van der Waals surface area contributed by atoms with E-state index < -0.39 is 18.0 Å². The van der Waals surface area contributed by atoms with E-state index in [0.717, 1.165) is 10.5 Å². The Kier molecular flexibility index (Phi) is 5.08. The lowest BCUT2D eigenvalue weighted by molar-refractivity contribution is -0.131.